The van der Waals surface area contributed by atoms with Crippen molar-refractivity contribution < 1.29 is 13.2 Å². The number of nitrogens with one attached hydrogen (secondary N) is 1. The quantitative estimate of drug-likeness (QED) is 0.797. The number of aryl methyl sites for hydroxylation is 3. The largest absolute Gasteiger partial charge is 0.324 e. The van der Waals surface area contributed by atoms with Crippen LogP contribution >= 0.6 is 23.2 Å². The molecule has 0 saturated carbocycles. The molecule has 0 aliphatic rings. The Morgan fingerprint density at radius 3 is 2.23 bits per heavy atom. The highest BCUT2D eigenvalue weighted by atomic mass is 35.5. The van der Waals surface area contributed by atoms with E-state index < -0.39 is 15.9 Å². The first kappa shape index (κ1) is 20.7. The molecule has 0 aliphatic heterocycles. The van der Waals surface area contributed by atoms with Crippen LogP contribution in [-0.2, 0) is 14.8 Å². The lowest BCUT2D eigenvalue weighted by Gasteiger charge is -2.20. The molecule has 8 heteroatoms. The van der Waals surface area contributed by atoms with Crippen LogP contribution in [0, 0.1) is 20.8 Å². The molecule has 2 aromatic carbocycles. The van der Waals surface area contributed by atoms with Crippen LogP contribution in [0.4, 0.5) is 5.69 Å². The number of carbonyl (C=O) groups is 1. The third kappa shape index (κ3) is 4.57. The van der Waals surface area contributed by atoms with Crippen molar-refractivity contribution in [2.45, 2.75) is 25.7 Å². The van der Waals surface area contributed by atoms with Gasteiger partial charge in [-0.3, -0.25) is 4.79 Å². The molecule has 0 radical (unpaired) electrons. The maximum absolute atomic E-state index is 12.9. The molecule has 0 aromatic heterocycles. The Morgan fingerprint density at radius 1 is 1.08 bits per heavy atom. The van der Waals surface area contributed by atoms with Crippen molar-refractivity contribution in [3.8, 4) is 0 Å². The molecule has 0 unspecified atom stereocenters. The molecule has 140 valence electrons. The van der Waals surface area contributed by atoms with Crippen LogP contribution in [-0.4, -0.2) is 32.2 Å². The second-order valence-electron chi connectivity index (χ2n) is 6.16. The minimum Gasteiger partial charge on any atom is -0.324 e. The first-order valence-electron chi connectivity index (χ1n) is 7.81. The van der Waals surface area contributed by atoms with E-state index in [1.165, 1.54) is 13.1 Å². The van der Waals surface area contributed by atoms with E-state index in [4.69, 9.17) is 23.2 Å². The summed E-state index contributed by atoms with van der Waals surface area (Å²) in [5.74, 6) is -0.511. The molecule has 0 fully saturated rings. The minimum absolute atomic E-state index is 0.221. The van der Waals surface area contributed by atoms with E-state index in [2.05, 4.69) is 5.32 Å². The average Bonchev–Trinajstić information content (AvgIpc) is 2.49. The summed E-state index contributed by atoms with van der Waals surface area (Å²) in [7, 11) is -2.44. The lowest BCUT2D eigenvalue weighted by Crippen LogP contribution is -2.35. The third-order valence-electron chi connectivity index (χ3n) is 3.84. The van der Waals surface area contributed by atoms with Crippen molar-refractivity contribution in [3.05, 3.63) is 57.1 Å². The molecule has 0 aliphatic carbocycles. The molecule has 1 amide bonds. The Balaban J connectivity index is 2.22. The Labute approximate surface area is 164 Å². The molecule has 0 spiro atoms. The van der Waals surface area contributed by atoms with Crippen LogP contribution in [0.5, 0.6) is 0 Å². The number of hydrogen-bond donors (Lipinski definition) is 1. The lowest BCUT2D eigenvalue weighted by molar-refractivity contribution is -0.116. The number of halogens is 2. The van der Waals surface area contributed by atoms with E-state index in [1.807, 2.05) is 6.92 Å². The van der Waals surface area contributed by atoms with Crippen LogP contribution < -0.4 is 5.32 Å². The summed E-state index contributed by atoms with van der Waals surface area (Å²) in [5.41, 5.74) is 2.60. The van der Waals surface area contributed by atoms with Crippen molar-refractivity contribution in [2.75, 3.05) is 18.9 Å². The number of sulfonamides is 1. The molecule has 0 atom stereocenters. The average molecular weight is 415 g/mol. The molecule has 5 nitrogen and oxygen atoms in total. The highest BCUT2D eigenvalue weighted by molar-refractivity contribution is 7.89. The van der Waals surface area contributed by atoms with Gasteiger partial charge in [-0.2, -0.15) is 4.31 Å². The fraction of sp³-hybridized carbons (Fsp3) is 0.278. The summed E-state index contributed by atoms with van der Waals surface area (Å²) in [4.78, 5) is 12.5. The van der Waals surface area contributed by atoms with Gasteiger partial charge in [-0.1, -0.05) is 40.9 Å². The Bertz CT molecular complexity index is 936. The molecule has 0 heterocycles. The molecule has 0 bridgehead atoms. The van der Waals surface area contributed by atoms with E-state index in [0.29, 0.717) is 26.9 Å². The van der Waals surface area contributed by atoms with E-state index >= 15 is 0 Å². The Hall–Kier alpha value is -1.60. The zero-order valence-electron chi connectivity index (χ0n) is 14.9. The Kier molecular flexibility index (Phi) is 6.34. The normalized spacial score (nSPS) is 11.7. The molecule has 1 N–H and O–H groups in total. The van der Waals surface area contributed by atoms with E-state index in [9.17, 15) is 13.2 Å². The van der Waals surface area contributed by atoms with Crippen LogP contribution in [0.3, 0.4) is 0 Å². The monoisotopic (exact) mass is 414 g/mol. The number of hydrogen-bond acceptors (Lipinski definition) is 3. The summed E-state index contributed by atoms with van der Waals surface area (Å²) in [5, 5.41) is 3.31. The van der Waals surface area contributed by atoms with Gasteiger partial charge in [0.2, 0.25) is 15.9 Å². The minimum atomic E-state index is -3.81. The number of likely N-dealkylation sites (N-methyl/N-ethyl adjacent to an activating group) is 1. The van der Waals surface area contributed by atoms with Crippen LogP contribution in [0.25, 0.3) is 0 Å². The molecular weight excluding hydrogens is 395 g/mol. The highest BCUT2D eigenvalue weighted by Crippen LogP contribution is 2.26. The fourth-order valence-corrected chi connectivity index (χ4v) is 4.67. The lowest BCUT2D eigenvalue weighted by atomic mass is 10.1. The summed E-state index contributed by atoms with van der Waals surface area (Å²) < 4.78 is 26.8. The fourth-order valence-electron chi connectivity index (χ4n) is 2.80. The van der Waals surface area contributed by atoms with Gasteiger partial charge in [0.1, 0.15) is 0 Å². The number of nitrogens with zero attached hydrogens (tertiary/aromatic N) is 1. The SMILES string of the molecule is Cc1cc(C)c(S(=O)(=O)N(C)CC(=O)Nc2cc(Cl)ccc2Cl)c(C)c1. The van der Waals surface area contributed by atoms with E-state index in [0.717, 1.165) is 9.87 Å². The topological polar surface area (TPSA) is 66.5 Å². The Morgan fingerprint density at radius 2 is 1.65 bits per heavy atom. The van der Waals surface area contributed by atoms with Gasteiger partial charge in [-0.15, -0.1) is 0 Å². The predicted octanol–water partition coefficient (Wildman–Crippen LogP) is 4.18. The van der Waals surface area contributed by atoms with Gasteiger partial charge in [0.15, 0.2) is 0 Å². The molecule has 0 saturated heterocycles. The van der Waals surface area contributed by atoms with Crippen molar-refractivity contribution >= 4 is 44.8 Å². The number of benzene rings is 2. The third-order valence-corrected chi connectivity index (χ3v) is 6.52. The molecule has 26 heavy (non-hydrogen) atoms. The van der Waals surface area contributed by atoms with Crippen molar-refractivity contribution in [1.29, 1.82) is 0 Å². The van der Waals surface area contributed by atoms with Gasteiger partial charge >= 0.3 is 0 Å². The zero-order valence-corrected chi connectivity index (χ0v) is 17.3. The standard InChI is InChI=1S/C18H20Cl2N2O3S/c1-11-7-12(2)18(13(3)8-11)26(24,25)22(4)10-17(23)21-16-9-14(19)5-6-15(16)20/h5-9H,10H2,1-4H3,(H,21,23). The number of amides is 1. The smallest absolute Gasteiger partial charge is 0.243 e. The van der Waals surface area contributed by atoms with Crippen molar-refractivity contribution in [1.82, 2.24) is 4.31 Å². The number of anilines is 1. The summed E-state index contributed by atoms with van der Waals surface area (Å²) in [6, 6.07) is 8.27. The van der Waals surface area contributed by atoms with Gasteiger partial charge in [-0.25, -0.2) is 8.42 Å². The summed E-state index contributed by atoms with van der Waals surface area (Å²) in [6.07, 6.45) is 0. The number of carbonyl (C=O) groups excluding carboxylic acids is 1. The maximum atomic E-state index is 12.9. The predicted molar refractivity (Wildman–Crippen MR) is 106 cm³/mol. The van der Waals surface area contributed by atoms with Crippen LogP contribution in [0.2, 0.25) is 10.0 Å². The zero-order chi connectivity index (χ0) is 19.6. The summed E-state index contributed by atoms with van der Waals surface area (Å²) in [6.45, 7) is 5.04. The highest BCUT2D eigenvalue weighted by Gasteiger charge is 2.26. The van der Waals surface area contributed by atoms with E-state index in [-0.39, 0.29) is 11.4 Å². The molecule has 2 rings (SSSR count). The van der Waals surface area contributed by atoms with Gasteiger partial charge < -0.3 is 5.32 Å². The van der Waals surface area contributed by atoms with Crippen molar-refractivity contribution in [2.24, 2.45) is 0 Å². The van der Waals surface area contributed by atoms with Gasteiger partial charge in [0, 0.05) is 12.1 Å². The van der Waals surface area contributed by atoms with Gasteiger partial charge in [-0.05, 0) is 50.1 Å². The molecular formula is C18H20Cl2N2O3S. The summed E-state index contributed by atoms with van der Waals surface area (Å²) >= 11 is 11.9. The first-order chi connectivity index (χ1) is 12.0. The van der Waals surface area contributed by atoms with Crippen molar-refractivity contribution in [3.63, 3.8) is 0 Å². The number of rotatable bonds is 5. The van der Waals surface area contributed by atoms with Crippen LogP contribution in [0.1, 0.15) is 16.7 Å². The van der Waals surface area contributed by atoms with Crippen LogP contribution in [0.15, 0.2) is 35.2 Å². The second kappa shape index (κ2) is 7.96. The van der Waals surface area contributed by atoms with Gasteiger partial charge in [0.25, 0.3) is 0 Å². The maximum Gasteiger partial charge on any atom is 0.243 e. The van der Waals surface area contributed by atoms with Gasteiger partial charge in [0.05, 0.1) is 22.2 Å². The molecule has 2 aromatic rings. The second-order valence-corrected chi connectivity index (χ2v) is 8.99. The first-order valence-corrected chi connectivity index (χ1v) is 10.0. The van der Waals surface area contributed by atoms with E-state index in [1.54, 1.807) is 38.1 Å².